The van der Waals surface area contributed by atoms with Gasteiger partial charge in [-0.2, -0.15) is 0 Å². The third-order valence-electron chi connectivity index (χ3n) is 1.58. The Labute approximate surface area is 91.9 Å². The number of nitrogens with two attached hydrogens (primary N) is 1. The fourth-order valence-corrected chi connectivity index (χ4v) is 2.44. The van der Waals surface area contributed by atoms with Gasteiger partial charge in [-0.1, -0.05) is 0 Å². The molecule has 0 fully saturated rings. The second-order valence-corrected chi connectivity index (χ2v) is 4.47. The van der Waals surface area contributed by atoms with E-state index in [9.17, 15) is 4.79 Å². The van der Waals surface area contributed by atoms with Gasteiger partial charge in [-0.15, -0.1) is 11.3 Å². The topological polar surface area (TPSA) is 71.8 Å². The lowest BCUT2D eigenvalue weighted by atomic mass is 10.3. The van der Waals surface area contributed by atoms with Crippen LogP contribution in [0.15, 0.2) is 26.8 Å². The molecule has 0 aliphatic heterocycles. The Bertz CT molecular complexity index is 519. The molecule has 2 aromatic heterocycles. The molecule has 0 aliphatic rings. The highest BCUT2D eigenvalue weighted by atomic mass is 79.9. The van der Waals surface area contributed by atoms with Crippen LogP contribution in [0, 0.1) is 0 Å². The molecule has 0 aliphatic carbocycles. The predicted octanol–water partition coefficient (Wildman–Crippen LogP) is 1.84. The molecule has 2 rings (SSSR count). The van der Waals surface area contributed by atoms with Crippen LogP contribution in [0.5, 0.6) is 0 Å². The minimum Gasteiger partial charge on any atom is -0.369 e. The first-order chi connectivity index (χ1) is 6.65. The van der Waals surface area contributed by atoms with Crippen LogP contribution < -0.4 is 11.3 Å². The van der Waals surface area contributed by atoms with E-state index in [4.69, 9.17) is 5.73 Å². The number of nitrogens with one attached hydrogen (secondary N) is 1. The van der Waals surface area contributed by atoms with Crippen molar-refractivity contribution in [2.75, 3.05) is 5.73 Å². The lowest BCUT2D eigenvalue weighted by Crippen LogP contribution is -2.09. The van der Waals surface area contributed by atoms with Crippen LogP contribution in [0.3, 0.4) is 0 Å². The largest absolute Gasteiger partial charge is 0.369 e. The molecular formula is C8H6BrN3OS. The molecular weight excluding hydrogens is 266 g/mol. The highest BCUT2D eigenvalue weighted by Gasteiger charge is 2.04. The van der Waals surface area contributed by atoms with E-state index in [2.05, 4.69) is 25.9 Å². The summed E-state index contributed by atoms with van der Waals surface area (Å²) < 4.78 is 0.971. The van der Waals surface area contributed by atoms with Gasteiger partial charge >= 0.3 is 0 Å². The lowest BCUT2D eigenvalue weighted by molar-refractivity contribution is 1.14. The van der Waals surface area contributed by atoms with Crippen molar-refractivity contribution in [3.8, 4) is 10.6 Å². The van der Waals surface area contributed by atoms with E-state index in [0.29, 0.717) is 5.69 Å². The summed E-state index contributed by atoms with van der Waals surface area (Å²) in [6, 6.07) is 3.32. The number of H-pyrrole nitrogens is 1. The van der Waals surface area contributed by atoms with Crippen molar-refractivity contribution >= 4 is 33.2 Å². The highest BCUT2D eigenvalue weighted by Crippen LogP contribution is 2.27. The number of anilines is 1. The van der Waals surface area contributed by atoms with Crippen LogP contribution in [0.4, 0.5) is 5.95 Å². The van der Waals surface area contributed by atoms with Crippen molar-refractivity contribution in [1.82, 2.24) is 9.97 Å². The molecule has 0 aromatic carbocycles. The Balaban J connectivity index is 2.56. The lowest BCUT2D eigenvalue weighted by Gasteiger charge is -1.96. The first-order valence-electron chi connectivity index (χ1n) is 3.76. The molecule has 0 bridgehead atoms. The zero-order chi connectivity index (χ0) is 10.1. The minimum absolute atomic E-state index is 0.136. The van der Waals surface area contributed by atoms with Crippen molar-refractivity contribution in [3.05, 3.63) is 32.3 Å². The van der Waals surface area contributed by atoms with Gasteiger partial charge in [0.1, 0.15) is 0 Å². The number of hydrogen-bond donors (Lipinski definition) is 2. The summed E-state index contributed by atoms with van der Waals surface area (Å²) in [6.07, 6.45) is 0. The number of nitrogen functional groups attached to an aromatic ring is 1. The van der Waals surface area contributed by atoms with Gasteiger partial charge in [0.2, 0.25) is 5.95 Å². The molecule has 4 nitrogen and oxygen atoms in total. The summed E-state index contributed by atoms with van der Waals surface area (Å²) in [5, 5.41) is 1.92. The monoisotopic (exact) mass is 271 g/mol. The highest BCUT2D eigenvalue weighted by molar-refractivity contribution is 9.10. The van der Waals surface area contributed by atoms with Gasteiger partial charge in [0.15, 0.2) is 0 Å². The summed E-state index contributed by atoms with van der Waals surface area (Å²) in [7, 11) is 0. The maximum absolute atomic E-state index is 11.1. The normalized spacial score (nSPS) is 10.4. The number of thiophene rings is 1. The SMILES string of the molecule is Nc1nc(-c2cc(Br)cs2)cc(=O)[nH]1. The van der Waals surface area contributed by atoms with Gasteiger partial charge < -0.3 is 5.73 Å². The second-order valence-electron chi connectivity index (χ2n) is 2.65. The second kappa shape index (κ2) is 3.55. The molecule has 72 valence electrons. The molecule has 6 heteroatoms. The fourth-order valence-electron chi connectivity index (χ4n) is 1.05. The van der Waals surface area contributed by atoms with E-state index in [1.165, 1.54) is 17.4 Å². The molecule has 0 radical (unpaired) electrons. The van der Waals surface area contributed by atoms with E-state index in [0.717, 1.165) is 9.35 Å². The van der Waals surface area contributed by atoms with Crippen LogP contribution >= 0.6 is 27.3 Å². The molecule has 2 heterocycles. The average molecular weight is 272 g/mol. The zero-order valence-electron chi connectivity index (χ0n) is 6.95. The summed E-state index contributed by atoms with van der Waals surface area (Å²) >= 11 is 4.83. The summed E-state index contributed by atoms with van der Waals surface area (Å²) in [4.78, 5) is 18.4. The fraction of sp³-hybridized carbons (Fsp3) is 0. The van der Waals surface area contributed by atoms with Gasteiger partial charge in [-0.25, -0.2) is 4.98 Å². The number of aromatic amines is 1. The van der Waals surface area contributed by atoms with Crippen LogP contribution in [0.1, 0.15) is 0 Å². The molecule has 0 saturated heterocycles. The van der Waals surface area contributed by atoms with Crippen molar-refractivity contribution in [1.29, 1.82) is 0 Å². The third-order valence-corrected chi connectivity index (χ3v) is 3.29. The van der Waals surface area contributed by atoms with E-state index in [1.807, 2.05) is 11.4 Å². The molecule has 0 amide bonds. The van der Waals surface area contributed by atoms with Crippen molar-refractivity contribution in [3.63, 3.8) is 0 Å². The Morgan fingerprint density at radius 2 is 2.29 bits per heavy atom. The van der Waals surface area contributed by atoms with Crippen LogP contribution in [0.25, 0.3) is 10.6 Å². The number of aromatic nitrogens is 2. The predicted molar refractivity (Wildman–Crippen MR) is 60.3 cm³/mol. The average Bonchev–Trinajstić information content (AvgIpc) is 2.50. The summed E-state index contributed by atoms with van der Waals surface area (Å²) in [5.41, 5.74) is 5.79. The third kappa shape index (κ3) is 1.85. The minimum atomic E-state index is -0.239. The Morgan fingerprint density at radius 3 is 2.86 bits per heavy atom. The van der Waals surface area contributed by atoms with E-state index < -0.39 is 0 Å². The standard InChI is InChI=1S/C8H6BrN3OS/c9-4-1-6(14-3-4)5-2-7(13)12-8(10)11-5/h1-3H,(H3,10,11,12,13). The van der Waals surface area contributed by atoms with Crippen molar-refractivity contribution < 1.29 is 0 Å². The zero-order valence-corrected chi connectivity index (χ0v) is 9.35. The van der Waals surface area contributed by atoms with E-state index >= 15 is 0 Å². The van der Waals surface area contributed by atoms with Gasteiger partial charge in [-0.3, -0.25) is 9.78 Å². The van der Waals surface area contributed by atoms with Gasteiger partial charge in [0, 0.05) is 15.9 Å². The summed E-state index contributed by atoms with van der Waals surface area (Å²) in [5.74, 6) is 0.136. The van der Waals surface area contributed by atoms with Gasteiger partial charge in [0.25, 0.3) is 5.56 Å². The molecule has 0 spiro atoms. The molecule has 2 aromatic rings. The Hall–Kier alpha value is -1.14. The first-order valence-corrected chi connectivity index (χ1v) is 5.43. The maximum atomic E-state index is 11.1. The van der Waals surface area contributed by atoms with Gasteiger partial charge in [0.05, 0.1) is 10.6 Å². The number of halogens is 1. The number of nitrogens with zero attached hydrogens (tertiary/aromatic N) is 1. The maximum Gasteiger partial charge on any atom is 0.252 e. The van der Waals surface area contributed by atoms with Crippen LogP contribution in [0.2, 0.25) is 0 Å². The number of hydrogen-bond acceptors (Lipinski definition) is 4. The molecule has 3 N–H and O–H groups in total. The molecule has 0 unspecified atom stereocenters. The smallest absolute Gasteiger partial charge is 0.252 e. The van der Waals surface area contributed by atoms with E-state index in [1.54, 1.807) is 0 Å². The Morgan fingerprint density at radius 1 is 1.50 bits per heavy atom. The van der Waals surface area contributed by atoms with Crippen LogP contribution in [-0.4, -0.2) is 9.97 Å². The number of rotatable bonds is 1. The quantitative estimate of drug-likeness (QED) is 0.832. The summed E-state index contributed by atoms with van der Waals surface area (Å²) in [6.45, 7) is 0. The molecule has 0 atom stereocenters. The van der Waals surface area contributed by atoms with Gasteiger partial charge in [-0.05, 0) is 22.0 Å². The molecule has 14 heavy (non-hydrogen) atoms. The van der Waals surface area contributed by atoms with Crippen molar-refractivity contribution in [2.24, 2.45) is 0 Å². The molecule has 0 saturated carbocycles. The Kier molecular flexibility index (Phi) is 2.39. The van der Waals surface area contributed by atoms with E-state index in [-0.39, 0.29) is 11.5 Å². The van der Waals surface area contributed by atoms with Crippen molar-refractivity contribution in [2.45, 2.75) is 0 Å². The van der Waals surface area contributed by atoms with Crippen LogP contribution in [-0.2, 0) is 0 Å². The first kappa shape index (κ1) is 9.42.